The predicted molar refractivity (Wildman–Crippen MR) is 76.5 cm³/mol. The molecule has 1 amide bonds. The number of amides is 1. The van der Waals surface area contributed by atoms with E-state index in [1.54, 1.807) is 13.0 Å². The topological polar surface area (TPSA) is 67.1 Å². The van der Waals surface area contributed by atoms with E-state index in [2.05, 4.69) is 10.6 Å². The molecule has 19 heavy (non-hydrogen) atoms. The van der Waals surface area contributed by atoms with Gasteiger partial charge in [0.2, 0.25) is 5.91 Å². The average Bonchev–Trinajstić information content (AvgIpc) is 3.12. The second-order valence-electron chi connectivity index (χ2n) is 4.71. The molecule has 6 heteroatoms. The maximum atomic E-state index is 13.7. The molecule has 0 radical (unpaired) electrons. The van der Waals surface area contributed by atoms with Gasteiger partial charge in [-0.15, -0.1) is 0 Å². The highest BCUT2D eigenvalue weighted by Crippen LogP contribution is 2.19. The second kappa shape index (κ2) is 5.52. The van der Waals surface area contributed by atoms with Gasteiger partial charge in [0, 0.05) is 17.3 Å². The molecule has 2 rings (SSSR count). The summed E-state index contributed by atoms with van der Waals surface area (Å²) < 4.78 is 13.7. The van der Waals surface area contributed by atoms with Gasteiger partial charge < -0.3 is 16.4 Å². The van der Waals surface area contributed by atoms with Gasteiger partial charge in [-0.2, -0.15) is 0 Å². The molecule has 1 unspecified atom stereocenters. The molecule has 102 valence electrons. The van der Waals surface area contributed by atoms with E-state index in [0.29, 0.717) is 11.7 Å². The zero-order valence-corrected chi connectivity index (χ0v) is 11.4. The van der Waals surface area contributed by atoms with Gasteiger partial charge in [-0.05, 0) is 38.0 Å². The van der Waals surface area contributed by atoms with Crippen LogP contribution < -0.4 is 16.4 Å². The summed E-state index contributed by atoms with van der Waals surface area (Å²) in [5.74, 6) is -0.575. The van der Waals surface area contributed by atoms with E-state index >= 15 is 0 Å². The zero-order valence-electron chi connectivity index (χ0n) is 10.6. The Hall–Kier alpha value is -1.69. The summed E-state index contributed by atoms with van der Waals surface area (Å²) in [6.07, 6.45) is 2.07. The van der Waals surface area contributed by atoms with E-state index in [1.165, 1.54) is 12.1 Å². The number of hydrogen-bond donors (Lipinski definition) is 3. The third kappa shape index (κ3) is 3.64. The monoisotopic (exact) mass is 281 g/mol. The van der Waals surface area contributed by atoms with E-state index < -0.39 is 11.9 Å². The van der Waals surface area contributed by atoms with E-state index in [1.807, 2.05) is 0 Å². The molecule has 1 aliphatic rings. The molecule has 1 atom stereocenters. The lowest BCUT2D eigenvalue weighted by Gasteiger charge is -2.15. The molecule has 0 heterocycles. The molecule has 1 aliphatic carbocycles. The fraction of sp³-hybridized carbons (Fsp3) is 0.385. The molecule has 0 aromatic heterocycles. The summed E-state index contributed by atoms with van der Waals surface area (Å²) in [5.41, 5.74) is 6.11. The van der Waals surface area contributed by atoms with E-state index in [0.717, 1.165) is 12.8 Å². The molecular weight excluding hydrogens is 265 g/mol. The standard InChI is InChI=1S/C13H16FN3OS/c1-7(13(18)17-8-2-3-8)16-9-4-5-10(12(15)19)11(14)6-9/h4-8,16H,2-3H2,1H3,(H2,15,19)(H,17,18). The number of thiocarbonyl (C=S) groups is 1. The number of nitrogens with one attached hydrogen (secondary N) is 2. The van der Waals surface area contributed by atoms with Crippen LogP contribution in [0, 0.1) is 5.82 Å². The van der Waals surface area contributed by atoms with Crippen molar-refractivity contribution in [3.8, 4) is 0 Å². The number of benzene rings is 1. The lowest BCUT2D eigenvalue weighted by molar-refractivity contribution is -0.121. The van der Waals surface area contributed by atoms with E-state index in [9.17, 15) is 9.18 Å². The van der Waals surface area contributed by atoms with Gasteiger partial charge in [-0.1, -0.05) is 12.2 Å². The summed E-state index contributed by atoms with van der Waals surface area (Å²) in [6.45, 7) is 1.73. The number of carbonyl (C=O) groups excluding carboxylic acids is 1. The average molecular weight is 281 g/mol. The highest BCUT2D eigenvalue weighted by Gasteiger charge is 2.25. The minimum atomic E-state index is -0.493. The second-order valence-corrected chi connectivity index (χ2v) is 5.15. The third-order valence-corrected chi connectivity index (χ3v) is 3.15. The van der Waals surface area contributed by atoms with Crippen molar-refractivity contribution in [1.29, 1.82) is 0 Å². The summed E-state index contributed by atoms with van der Waals surface area (Å²) in [6, 6.07) is 4.33. The first-order chi connectivity index (χ1) is 8.97. The number of rotatable bonds is 5. The molecule has 1 fully saturated rings. The minimum Gasteiger partial charge on any atom is -0.389 e. The first kappa shape index (κ1) is 13.7. The van der Waals surface area contributed by atoms with Crippen LogP contribution in [0.1, 0.15) is 25.3 Å². The summed E-state index contributed by atoms with van der Waals surface area (Å²) in [4.78, 5) is 11.8. The number of halogens is 1. The van der Waals surface area contributed by atoms with Gasteiger partial charge in [0.15, 0.2) is 0 Å². The van der Waals surface area contributed by atoms with Gasteiger partial charge in [0.25, 0.3) is 0 Å². The molecule has 0 aliphatic heterocycles. The quantitative estimate of drug-likeness (QED) is 0.716. The number of hydrogen-bond acceptors (Lipinski definition) is 3. The van der Waals surface area contributed by atoms with Crippen molar-refractivity contribution in [1.82, 2.24) is 5.32 Å². The number of nitrogens with two attached hydrogens (primary N) is 1. The van der Waals surface area contributed by atoms with Crippen molar-refractivity contribution in [3.63, 3.8) is 0 Å². The third-order valence-electron chi connectivity index (χ3n) is 2.93. The summed E-state index contributed by atoms with van der Waals surface area (Å²) in [5, 5.41) is 5.83. The normalized spacial score (nSPS) is 15.7. The lowest BCUT2D eigenvalue weighted by atomic mass is 10.1. The van der Waals surface area contributed by atoms with Crippen LogP contribution in [0.15, 0.2) is 18.2 Å². The molecule has 4 nitrogen and oxygen atoms in total. The Morgan fingerprint density at radius 1 is 1.53 bits per heavy atom. The molecule has 1 aromatic rings. The Balaban J connectivity index is 1.99. The highest BCUT2D eigenvalue weighted by atomic mass is 32.1. The van der Waals surface area contributed by atoms with Crippen LogP contribution in [0.5, 0.6) is 0 Å². The predicted octanol–water partition coefficient (Wildman–Crippen LogP) is 1.54. The van der Waals surface area contributed by atoms with Gasteiger partial charge in [0.1, 0.15) is 16.8 Å². The van der Waals surface area contributed by atoms with Crippen molar-refractivity contribution in [2.75, 3.05) is 5.32 Å². The van der Waals surface area contributed by atoms with Crippen LogP contribution in [-0.4, -0.2) is 23.0 Å². The van der Waals surface area contributed by atoms with Crippen LogP contribution in [0.2, 0.25) is 0 Å². The Bertz CT molecular complexity index is 517. The van der Waals surface area contributed by atoms with Crippen molar-refractivity contribution in [2.45, 2.75) is 31.8 Å². The molecule has 4 N–H and O–H groups in total. The van der Waals surface area contributed by atoms with Crippen molar-refractivity contribution >= 4 is 28.8 Å². The molecule has 1 aromatic carbocycles. The highest BCUT2D eigenvalue weighted by molar-refractivity contribution is 7.80. The van der Waals surface area contributed by atoms with Crippen LogP contribution in [0.3, 0.4) is 0 Å². The van der Waals surface area contributed by atoms with Crippen LogP contribution >= 0.6 is 12.2 Å². The summed E-state index contributed by atoms with van der Waals surface area (Å²) in [7, 11) is 0. The number of carbonyl (C=O) groups is 1. The van der Waals surface area contributed by atoms with E-state index in [4.69, 9.17) is 18.0 Å². The number of anilines is 1. The van der Waals surface area contributed by atoms with Crippen molar-refractivity contribution in [3.05, 3.63) is 29.6 Å². The van der Waals surface area contributed by atoms with Gasteiger partial charge in [-0.3, -0.25) is 4.79 Å². The Morgan fingerprint density at radius 2 is 2.21 bits per heavy atom. The van der Waals surface area contributed by atoms with Gasteiger partial charge >= 0.3 is 0 Å². The van der Waals surface area contributed by atoms with Crippen LogP contribution in [0.25, 0.3) is 0 Å². The van der Waals surface area contributed by atoms with Crippen LogP contribution in [0.4, 0.5) is 10.1 Å². The molecule has 0 spiro atoms. The largest absolute Gasteiger partial charge is 0.389 e. The van der Waals surface area contributed by atoms with Gasteiger partial charge in [-0.25, -0.2) is 4.39 Å². The van der Waals surface area contributed by atoms with Crippen molar-refractivity contribution < 1.29 is 9.18 Å². The molecular formula is C13H16FN3OS. The molecule has 0 bridgehead atoms. The Kier molecular flexibility index (Phi) is 3.99. The first-order valence-corrected chi connectivity index (χ1v) is 6.54. The van der Waals surface area contributed by atoms with Crippen LogP contribution in [-0.2, 0) is 4.79 Å². The van der Waals surface area contributed by atoms with Crippen molar-refractivity contribution in [2.24, 2.45) is 5.73 Å². The zero-order chi connectivity index (χ0) is 14.0. The Labute approximate surface area is 116 Å². The SMILES string of the molecule is CC(Nc1ccc(C(N)=S)c(F)c1)C(=O)NC1CC1. The smallest absolute Gasteiger partial charge is 0.242 e. The summed E-state index contributed by atoms with van der Waals surface area (Å²) >= 11 is 4.73. The lowest BCUT2D eigenvalue weighted by Crippen LogP contribution is -2.38. The maximum Gasteiger partial charge on any atom is 0.242 e. The Morgan fingerprint density at radius 3 is 2.74 bits per heavy atom. The first-order valence-electron chi connectivity index (χ1n) is 6.13. The molecule has 1 saturated carbocycles. The van der Waals surface area contributed by atoms with E-state index in [-0.39, 0.29) is 16.5 Å². The molecule has 0 saturated heterocycles. The van der Waals surface area contributed by atoms with Gasteiger partial charge in [0.05, 0.1) is 0 Å². The fourth-order valence-corrected chi connectivity index (χ4v) is 1.84. The fourth-order valence-electron chi connectivity index (χ4n) is 1.67. The minimum absolute atomic E-state index is 0.0172. The maximum absolute atomic E-state index is 13.7.